The van der Waals surface area contributed by atoms with Gasteiger partial charge >= 0.3 is 6.09 Å². The number of benzene rings is 1. The molecule has 0 saturated heterocycles. The minimum Gasteiger partial charge on any atom is -0.444 e. The molecule has 1 aromatic rings. The summed E-state index contributed by atoms with van der Waals surface area (Å²) in [6.45, 7) is 11.3. The van der Waals surface area contributed by atoms with Crippen molar-refractivity contribution in [2.45, 2.75) is 53.2 Å². The highest BCUT2D eigenvalue weighted by Crippen LogP contribution is 2.16. The number of nitrogens with one attached hydrogen (secondary N) is 1. The smallest absolute Gasteiger partial charge is 0.408 e. The van der Waals surface area contributed by atoms with E-state index in [1.165, 1.54) is 0 Å². The number of hydrogen-bond acceptors (Lipinski definition) is 3. The van der Waals surface area contributed by atoms with Crippen LogP contribution in [0.15, 0.2) is 41.4 Å². The molecular weight excluding hydrogens is 276 g/mol. The van der Waals surface area contributed by atoms with Crippen LogP contribution in [0, 0.1) is 0 Å². The minimum atomic E-state index is -0.507. The summed E-state index contributed by atoms with van der Waals surface area (Å²) in [6.07, 6.45) is 1.52. The first-order chi connectivity index (χ1) is 10.2. The topological polar surface area (TPSA) is 50.7 Å². The number of amides is 1. The molecule has 120 valence electrons. The zero-order chi connectivity index (χ0) is 16.8. The Morgan fingerprint density at radius 2 is 1.86 bits per heavy atom. The van der Waals surface area contributed by atoms with E-state index in [9.17, 15) is 4.79 Å². The van der Waals surface area contributed by atoms with Gasteiger partial charge in [0.1, 0.15) is 5.60 Å². The van der Waals surface area contributed by atoms with E-state index in [1.807, 2.05) is 78.0 Å². The van der Waals surface area contributed by atoms with Crippen LogP contribution in [0.5, 0.6) is 0 Å². The Balaban J connectivity index is 2.77. The van der Waals surface area contributed by atoms with E-state index in [2.05, 4.69) is 10.3 Å². The van der Waals surface area contributed by atoms with Crippen LogP contribution in [0.1, 0.15) is 47.1 Å². The second-order valence-corrected chi connectivity index (χ2v) is 6.16. The fourth-order valence-corrected chi connectivity index (χ4v) is 1.78. The molecule has 4 heteroatoms. The van der Waals surface area contributed by atoms with Gasteiger partial charge in [-0.25, -0.2) is 4.79 Å². The number of rotatable bonds is 4. The Labute approximate surface area is 133 Å². The van der Waals surface area contributed by atoms with Crippen molar-refractivity contribution in [2.75, 3.05) is 0 Å². The van der Waals surface area contributed by atoms with Crippen LogP contribution in [-0.4, -0.2) is 23.4 Å². The normalized spacial score (nSPS) is 14.5. The largest absolute Gasteiger partial charge is 0.444 e. The van der Waals surface area contributed by atoms with E-state index in [1.54, 1.807) is 0 Å². The first-order valence-corrected chi connectivity index (χ1v) is 7.49. The molecule has 0 spiro atoms. The van der Waals surface area contributed by atoms with Gasteiger partial charge < -0.3 is 10.1 Å². The average molecular weight is 302 g/mol. The van der Waals surface area contributed by atoms with Gasteiger partial charge in [-0.15, -0.1) is 0 Å². The number of aliphatic imine (C=N–C) groups is 1. The lowest BCUT2D eigenvalue weighted by molar-refractivity contribution is 0.0521. The highest BCUT2D eigenvalue weighted by atomic mass is 16.6. The van der Waals surface area contributed by atoms with Crippen LogP contribution < -0.4 is 5.32 Å². The third-order valence-electron chi connectivity index (χ3n) is 3.00. The number of carbonyl (C=O) groups excluding carboxylic acids is 1. The number of allylic oxidation sites excluding steroid dienone is 1. The molecule has 22 heavy (non-hydrogen) atoms. The van der Waals surface area contributed by atoms with Crippen molar-refractivity contribution in [3.63, 3.8) is 0 Å². The third kappa shape index (κ3) is 6.12. The minimum absolute atomic E-state index is 0.200. The third-order valence-corrected chi connectivity index (χ3v) is 3.00. The monoisotopic (exact) mass is 302 g/mol. The lowest BCUT2D eigenvalue weighted by Gasteiger charge is -2.22. The highest BCUT2D eigenvalue weighted by molar-refractivity contribution is 5.93. The molecule has 1 atom stereocenters. The summed E-state index contributed by atoms with van der Waals surface area (Å²) < 4.78 is 5.25. The molecular formula is C18H26N2O2. The molecule has 0 bridgehead atoms. The van der Waals surface area contributed by atoms with E-state index in [-0.39, 0.29) is 6.04 Å². The number of carbonyl (C=O) groups is 1. The summed E-state index contributed by atoms with van der Waals surface area (Å²) in [7, 11) is 0. The van der Waals surface area contributed by atoms with Gasteiger partial charge in [-0.3, -0.25) is 4.99 Å². The summed E-state index contributed by atoms with van der Waals surface area (Å²) in [6, 6.07) is 9.75. The zero-order valence-corrected chi connectivity index (χ0v) is 14.3. The van der Waals surface area contributed by atoms with E-state index >= 15 is 0 Å². The van der Waals surface area contributed by atoms with Gasteiger partial charge in [-0.2, -0.15) is 0 Å². The van der Waals surface area contributed by atoms with Crippen LogP contribution in [-0.2, 0) is 4.74 Å². The standard InChI is InChI=1S/C18H26N2O2/c1-7-16(15-11-9-8-10-12-15)19-13(2)14(3)20-17(21)22-18(4,5)6/h7-12,14H,1-6H3,(H,20,21)/b16-7-,19-13?. The second kappa shape index (κ2) is 7.78. The van der Waals surface area contributed by atoms with Crippen molar-refractivity contribution >= 4 is 17.5 Å². The molecule has 0 fully saturated rings. The summed E-state index contributed by atoms with van der Waals surface area (Å²) >= 11 is 0. The highest BCUT2D eigenvalue weighted by Gasteiger charge is 2.18. The summed E-state index contributed by atoms with van der Waals surface area (Å²) in [4.78, 5) is 16.4. The van der Waals surface area contributed by atoms with E-state index < -0.39 is 11.7 Å². The van der Waals surface area contributed by atoms with Crippen LogP contribution in [0.4, 0.5) is 4.79 Å². The summed E-state index contributed by atoms with van der Waals surface area (Å²) in [5, 5.41) is 2.80. The molecule has 0 saturated carbocycles. The van der Waals surface area contributed by atoms with Crippen molar-refractivity contribution < 1.29 is 9.53 Å². The maximum absolute atomic E-state index is 11.8. The van der Waals surface area contributed by atoms with Crippen LogP contribution in [0.2, 0.25) is 0 Å². The number of ether oxygens (including phenoxy) is 1. The SMILES string of the molecule is C/C=C(\N=C(C)C(C)NC(=O)OC(C)(C)C)c1ccccc1. The van der Waals surface area contributed by atoms with Crippen molar-refractivity contribution in [1.29, 1.82) is 0 Å². The van der Waals surface area contributed by atoms with Gasteiger partial charge in [-0.1, -0.05) is 36.4 Å². The maximum Gasteiger partial charge on any atom is 0.408 e. The van der Waals surface area contributed by atoms with Crippen molar-refractivity contribution in [3.8, 4) is 0 Å². The molecule has 1 unspecified atom stereocenters. The molecule has 1 N–H and O–H groups in total. The molecule has 0 aliphatic rings. The number of nitrogens with zero attached hydrogens (tertiary/aromatic N) is 1. The van der Waals surface area contributed by atoms with Gasteiger partial charge in [0.2, 0.25) is 0 Å². The number of alkyl carbamates (subject to hydrolysis) is 1. The molecule has 0 aliphatic carbocycles. The summed E-state index contributed by atoms with van der Waals surface area (Å²) in [5.74, 6) is 0. The Morgan fingerprint density at radius 3 is 2.36 bits per heavy atom. The molecule has 0 radical (unpaired) electrons. The predicted octanol–water partition coefficient (Wildman–Crippen LogP) is 4.42. The molecule has 0 aliphatic heterocycles. The van der Waals surface area contributed by atoms with E-state index in [0.717, 1.165) is 17.0 Å². The maximum atomic E-state index is 11.8. The van der Waals surface area contributed by atoms with Crippen molar-refractivity contribution in [3.05, 3.63) is 42.0 Å². The van der Waals surface area contributed by atoms with Crippen LogP contribution in [0.3, 0.4) is 0 Å². The second-order valence-electron chi connectivity index (χ2n) is 6.16. The van der Waals surface area contributed by atoms with Crippen molar-refractivity contribution in [2.24, 2.45) is 4.99 Å². The lowest BCUT2D eigenvalue weighted by Crippen LogP contribution is -2.40. The molecule has 1 aromatic carbocycles. The van der Waals surface area contributed by atoms with Crippen molar-refractivity contribution in [1.82, 2.24) is 5.32 Å². The molecule has 1 rings (SSSR count). The van der Waals surface area contributed by atoms with Gasteiger partial charge in [0.25, 0.3) is 0 Å². The van der Waals surface area contributed by atoms with Crippen LogP contribution >= 0.6 is 0 Å². The number of hydrogen-bond donors (Lipinski definition) is 1. The zero-order valence-electron chi connectivity index (χ0n) is 14.3. The Hall–Kier alpha value is -2.10. The Morgan fingerprint density at radius 1 is 1.27 bits per heavy atom. The molecule has 1 amide bonds. The van der Waals surface area contributed by atoms with Gasteiger partial charge in [-0.05, 0) is 47.1 Å². The fraction of sp³-hybridized carbons (Fsp3) is 0.444. The lowest BCUT2D eigenvalue weighted by atomic mass is 10.1. The summed E-state index contributed by atoms with van der Waals surface area (Å²) in [5.41, 5.74) is 2.25. The first kappa shape index (κ1) is 18.0. The van der Waals surface area contributed by atoms with Gasteiger partial charge in [0, 0.05) is 5.71 Å². The first-order valence-electron chi connectivity index (χ1n) is 7.49. The molecule has 4 nitrogen and oxygen atoms in total. The quantitative estimate of drug-likeness (QED) is 0.837. The fourth-order valence-electron chi connectivity index (χ4n) is 1.78. The van der Waals surface area contributed by atoms with E-state index in [4.69, 9.17) is 4.74 Å². The molecule has 0 heterocycles. The average Bonchev–Trinajstić information content (AvgIpc) is 2.43. The predicted molar refractivity (Wildman–Crippen MR) is 92.0 cm³/mol. The Kier molecular flexibility index (Phi) is 6.35. The van der Waals surface area contributed by atoms with Gasteiger partial charge in [0.05, 0.1) is 11.7 Å². The molecule has 0 aromatic heterocycles. The Bertz CT molecular complexity index is 554. The van der Waals surface area contributed by atoms with Gasteiger partial charge in [0.15, 0.2) is 0 Å². The van der Waals surface area contributed by atoms with E-state index in [0.29, 0.717) is 0 Å². The van der Waals surface area contributed by atoms with Crippen LogP contribution in [0.25, 0.3) is 5.70 Å².